The van der Waals surface area contributed by atoms with Gasteiger partial charge in [-0.15, -0.1) is 0 Å². The first kappa shape index (κ1) is 26.4. The molecular formula is C29H29NO8. The minimum Gasteiger partial charge on any atom is -0.507 e. The van der Waals surface area contributed by atoms with Crippen molar-refractivity contribution in [3.8, 4) is 28.7 Å². The summed E-state index contributed by atoms with van der Waals surface area (Å²) in [6, 6.07) is 16.2. The zero-order valence-corrected chi connectivity index (χ0v) is 21.8. The van der Waals surface area contributed by atoms with Gasteiger partial charge in [0, 0.05) is 6.54 Å². The van der Waals surface area contributed by atoms with E-state index in [2.05, 4.69) is 0 Å². The van der Waals surface area contributed by atoms with E-state index in [1.807, 2.05) is 12.1 Å². The number of ether oxygens (including phenoxy) is 5. The van der Waals surface area contributed by atoms with Crippen molar-refractivity contribution < 1.29 is 38.4 Å². The highest BCUT2D eigenvalue weighted by Gasteiger charge is 2.46. The normalized spacial score (nSPS) is 16.3. The van der Waals surface area contributed by atoms with E-state index >= 15 is 0 Å². The average Bonchev–Trinajstić information content (AvgIpc) is 3.21. The molecule has 0 saturated carbocycles. The molecule has 3 aromatic carbocycles. The summed E-state index contributed by atoms with van der Waals surface area (Å²) >= 11 is 0. The van der Waals surface area contributed by atoms with Crippen molar-refractivity contribution in [2.75, 3.05) is 35.5 Å². The summed E-state index contributed by atoms with van der Waals surface area (Å²) in [5.41, 5.74) is 1.47. The van der Waals surface area contributed by atoms with Crippen LogP contribution in [-0.2, 0) is 16.1 Å². The van der Waals surface area contributed by atoms with Crippen LogP contribution < -0.4 is 23.7 Å². The third-order valence-electron chi connectivity index (χ3n) is 6.44. The number of ketones is 1. The van der Waals surface area contributed by atoms with Crippen molar-refractivity contribution in [1.82, 2.24) is 4.90 Å². The summed E-state index contributed by atoms with van der Waals surface area (Å²) in [5, 5.41) is 11.5. The van der Waals surface area contributed by atoms with Crippen molar-refractivity contribution in [3.05, 3.63) is 82.9 Å². The summed E-state index contributed by atoms with van der Waals surface area (Å²) in [5.74, 6) is 0.383. The molecule has 0 bridgehead atoms. The molecule has 1 N–H and O–H groups in total. The first-order chi connectivity index (χ1) is 18.4. The molecule has 0 spiro atoms. The lowest BCUT2D eigenvalue weighted by atomic mass is 9.94. The second kappa shape index (κ2) is 11.2. The molecule has 1 unspecified atom stereocenters. The summed E-state index contributed by atoms with van der Waals surface area (Å²) in [6.45, 7) is 0.111. The zero-order chi connectivity index (χ0) is 27.4. The first-order valence-electron chi connectivity index (χ1n) is 11.7. The zero-order valence-electron chi connectivity index (χ0n) is 21.8. The standard InChI is InChI=1S/C29H29NO8/c1-34-19-9-6-17(7-10-19)16-30-26(18-8-12-23(37-4)24(14-18)38-5)25(28(32)29(30)33)27(31)21-15-20(35-2)11-13-22(21)36-3/h6-15,26,31H,16H2,1-5H3/b27-25+. The Labute approximate surface area is 220 Å². The van der Waals surface area contributed by atoms with Crippen LogP contribution in [0.1, 0.15) is 22.7 Å². The number of Topliss-reactive ketones (excluding diaryl/α,β-unsaturated/α-hetero) is 1. The molecule has 1 saturated heterocycles. The van der Waals surface area contributed by atoms with Crippen LogP contribution in [-0.4, -0.2) is 57.2 Å². The molecule has 0 radical (unpaired) electrons. The van der Waals surface area contributed by atoms with E-state index in [-0.39, 0.29) is 23.4 Å². The fraction of sp³-hybridized carbons (Fsp3) is 0.241. The second-order valence-electron chi connectivity index (χ2n) is 8.46. The first-order valence-corrected chi connectivity index (χ1v) is 11.7. The molecule has 4 rings (SSSR count). The predicted molar refractivity (Wildman–Crippen MR) is 140 cm³/mol. The van der Waals surface area contributed by atoms with E-state index in [0.717, 1.165) is 5.56 Å². The van der Waals surface area contributed by atoms with Crippen LogP contribution in [0.3, 0.4) is 0 Å². The topological polar surface area (TPSA) is 104 Å². The van der Waals surface area contributed by atoms with Gasteiger partial charge >= 0.3 is 0 Å². The van der Waals surface area contributed by atoms with Crippen LogP contribution in [0.5, 0.6) is 28.7 Å². The van der Waals surface area contributed by atoms with Crippen LogP contribution in [0.2, 0.25) is 0 Å². The molecule has 0 aliphatic carbocycles. The van der Waals surface area contributed by atoms with Gasteiger partial charge in [-0.2, -0.15) is 0 Å². The van der Waals surface area contributed by atoms with Gasteiger partial charge in [0.25, 0.3) is 11.7 Å². The third-order valence-corrected chi connectivity index (χ3v) is 6.44. The van der Waals surface area contributed by atoms with E-state index < -0.39 is 17.7 Å². The van der Waals surface area contributed by atoms with E-state index in [1.165, 1.54) is 33.3 Å². The number of nitrogens with zero attached hydrogens (tertiary/aromatic N) is 1. The Hall–Kier alpha value is -4.66. The summed E-state index contributed by atoms with van der Waals surface area (Å²) < 4.78 is 26.8. The fourth-order valence-corrected chi connectivity index (χ4v) is 4.48. The van der Waals surface area contributed by atoms with Crippen molar-refractivity contribution in [2.45, 2.75) is 12.6 Å². The van der Waals surface area contributed by atoms with Crippen LogP contribution in [0, 0.1) is 0 Å². The fourth-order valence-electron chi connectivity index (χ4n) is 4.48. The number of aliphatic hydroxyl groups excluding tert-OH is 1. The highest BCUT2D eigenvalue weighted by Crippen LogP contribution is 2.44. The van der Waals surface area contributed by atoms with Gasteiger partial charge in [0.2, 0.25) is 0 Å². The Balaban J connectivity index is 1.92. The van der Waals surface area contributed by atoms with Gasteiger partial charge in [0.15, 0.2) is 11.5 Å². The lowest BCUT2D eigenvalue weighted by molar-refractivity contribution is -0.140. The molecule has 3 aromatic rings. The van der Waals surface area contributed by atoms with Crippen LogP contribution in [0.15, 0.2) is 66.2 Å². The molecule has 1 amide bonds. The molecular weight excluding hydrogens is 490 g/mol. The van der Waals surface area contributed by atoms with E-state index in [4.69, 9.17) is 23.7 Å². The quantitative estimate of drug-likeness (QED) is 0.253. The molecule has 1 heterocycles. The summed E-state index contributed by atoms with van der Waals surface area (Å²) in [7, 11) is 7.52. The number of carbonyl (C=O) groups is 2. The SMILES string of the molecule is COc1ccc(CN2C(=O)C(=O)/C(=C(/O)c3cc(OC)ccc3OC)C2c2ccc(OC)c(OC)c2)cc1. The highest BCUT2D eigenvalue weighted by molar-refractivity contribution is 6.46. The van der Waals surface area contributed by atoms with E-state index in [0.29, 0.717) is 34.3 Å². The van der Waals surface area contributed by atoms with Crippen LogP contribution in [0.25, 0.3) is 5.76 Å². The number of benzene rings is 3. The van der Waals surface area contributed by atoms with E-state index in [9.17, 15) is 14.7 Å². The third kappa shape index (κ3) is 4.82. The Morgan fingerprint density at radius 2 is 1.34 bits per heavy atom. The highest BCUT2D eigenvalue weighted by atomic mass is 16.5. The average molecular weight is 520 g/mol. The number of carbonyl (C=O) groups excluding carboxylic acids is 2. The van der Waals surface area contributed by atoms with E-state index in [1.54, 1.807) is 55.6 Å². The van der Waals surface area contributed by atoms with Crippen LogP contribution in [0.4, 0.5) is 0 Å². The molecule has 9 heteroatoms. The Kier molecular flexibility index (Phi) is 7.76. The minimum absolute atomic E-state index is 0.0812. The predicted octanol–water partition coefficient (Wildman–Crippen LogP) is 4.35. The van der Waals surface area contributed by atoms with Gasteiger partial charge in [0.05, 0.1) is 52.7 Å². The van der Waals surface area contributed by atoms with Gasteiger partial charge in [-0.1, -0.05) is 18.2 Å². The maximum atomic E-state index is 13.5. The molecule has 9 nitrogen and oxygen atoms in total. The number of aliphatic hydroxyl groups is 1. The Bertz CT molecular complexity index is 1380. The summed E-state index contributed by atoms with van der Waals surface area (Å²) in [6.07, 6.45) is 0. The molecule has 1 aliphatic rings. The number of hydrogen-bond donors (Lipinski definition) is 1. The van der Waals surface area contributed by atoms with Crippen molar-refractivity contribution in [3.63, 3.8) is 0 Å². The number of hydrogen-bond acceptors (Lipinski definition) is 8. The Morgan fingerprint density at radius 1 is 0.737 bits per heavy atom. The van der Waals surface area contributed by atoms with Gasteiger partial charge in [-0.25, -0.2) is 0 Å². The smallest absolute Gasteiger partial charge is 0.295 e. The van der Waals surface area contributed by atoms with Gasteiger partial charge in [0.1, 0.15) is 23.0 Å². The van der Waals surface area contributed by atoms with Gasteiger partial charge in [-0.3, -0.25) is 9.59 Å². The molecule has 0 aromatic heterocycles. The molecule has 38 heavy (non-hydrogen) atoms. The molecule has 1 fully saturated rings. The Morgan fingerprint density at radius 3 is 1.95 bits per heavy atom. The maximum absolute atomic E-state index is 13.5. The molecule has 1 aliphatic heterocycles. The maximum Gasteiger partial charge on any atom is 0.295 e. The van der Waals surface area contributed by atoms with Crippen molar-refractivity contribution in [2.24, 2.45) is 0 Å². The second-order valence-corrected chi connectivity index (χ2v) is 8.46. The number of methoxy groups -OCH3 is 5. The number of likely N-dealkylation sites (tertiary alicyclic amines) is 1. The lowest BCUT2D eigenvalue weighted by Gasteiger charge is -2.26. The molecule has 1 atom stereocenters. The van der Waals surface area contributed by atoms with Crippen molar-refractivity contribution in [1.29, 1.82) is 0 Å². The van der Waals surface area contributed by atoms with Crippen molar-refractivity contribution >= 4 is 17.4 Å². The monoisotopic (exact) mass is 519 g/mol. The summed E-state index contributed by atoms with van der Waals surface area (Å²) in [4.78, 5) is 28.3. The largest absolute Gasteiger partial charge is 0.507 e. The van der Waals surface area contributed by atoms with Crippen LogP contribution >= 0.6 is 0 Å². The number of rotatable bonds is 9. The van der Waals surface area contributed by atoms with Gasteiger partial charge < -0.3 is 33.7 Å². The number of amides is 1. The minimum atomic E-state index is -0.923. The molecule has 198 valence electrons. The van der Waals surface area contributed by atoms with Gasteiger partial charge in [-0.05, 0) is 53.6 Å². The lowest BCUT2D eigenvalue weighted by Crippen LogP contribution is -2.29.